The quantitative estimate of drug-likeness (QED) is 0.321. The number of nitrogens with one attached hydrogen (secondary N) is 5. The average Bonchev–Trinajstić information content (AvgIpc) is 3.27. The Morgan fingerprint density at radius 1 is 0.966 bits per heavy atom. The van der Waals surface area contributed by atoms with E-state index in [1.165, 1.54) is 0 Å². The Balaban J connectivity index is 1.58. The molecule has 5 N–H and O–H groups in total. The molecule has 5 rings (SSSR count). The number of hydrogen-bond acceptors (Lipinski definition) is 6. The fourth-order valence-corrected chi connectivity index (χ4v) is 3.36. The van der Waals surface area contributed by atoms with E-state index in [0.29, 0.717) is 22.7 Å². The summed E-state index contributed by atoms with van der Waals surface area (Å²) in [6, 6.07) is 13.3. The SMILES string of the molecule is Cc1cc(Nc2nc(Nc3ccc4c(=O)[nH][nH]c4c3)nc3cccc(C)c23)[nH]n1. The van der Waals surface area contributed by atoms with Crippen molar-refractivity contribution < 1.29 is 0 Å². The number of aromatic amines is 3. The second-order valence-corrected chi connectivity index (χ2v) is 6.88. The van der Waals surface area contributed by atoms with Gasteiger partial charge >= 0.3 is 0 Å². The minimum atomic E-state index is -0.148. The largest absolute Gasteiger partial charge is 0.325 e. The van der Waals surface area contributed by atoms with Crippen molar-refractivity contribution in [3.05, 3.63) is 64.1 Å². The van der Waals surface area contributed by atoms with E-state index in [9.17, 15) is 4.79 Å². The number of fused-ring (bicyclic) bond motifs is 2. The van der Waals surface area contributed by atoms with Crippen molar-refractivity contribution in [2.45, 2.75) is 13.8 Å². The zero-order chi connectivity index (χ0) is 20.0. The van der Waals surface area contributed by atoms with Gasteiger partial charge in [0.15, 0.2) is 0 Å². The number of aryl methyl sites for hydroxylation is 2. The van der Waals surface area contributed by atoms with Crippen LogP contribution in [0.25, 0.3) is 21.8 Å². The zero-order valence-corrected chi connectivity index (χ0v) is 15.8. The van der Waals surface area contributed by atoms with Crippen LogP contribution in [0, 0.1) is 13.8 Å². The molecule has 3 aromatic heterocycles. The molecule has 29 heavy (non-hydrogen) atoms. The fraction of sp³-hybridized carbons (Fsp3) is 0.100. The molecule has 0 radical (unpaired) electrons. The van der Waals surface area contributed by atoms with Gasteiger partial charge in [-0.05, 0) is 43.7 Å². The predicted octanol–water partition coefficient (Wildman–Crippen LogP) is 3.63. The molecule has 0 fully saturated rings. The van der Waals surface area contributed by atoms with Crippen molar-refractivity contribution in [2.24, 2.45) is 0 Å². The van der Waals surface area contributed by atoms with Gasteiger partial charge in [0.1, 0.15) is 11.6 Å². The second-order valence-electron chi connectivity index (χ2n) is 6.88. The van der Waals surface area contributed by atoms with Crippen LogP contribution in [0.5, 0.6) is 0 Å². The number of hydrogen-bond donors (Lipinski definition) is 5. The number of rotatable bonds is 4. The number of nitrogens with zero attached hydrogens (tertiary/aromatic N) is 3. The van der Waals surface area contributed by atoms with Gasteiger partial charge in [-0.3, -0.25) is 20.1 Å². The first-order chi connectivity index (χ1) is 14.1. The molecule has 9 heteroatoms. The summed E-state index contributed by atoms with van der Waals surface area (Å²) in [5.74, 6) is 1.87. The van der Waals surface area contributed by atoms with Gasteiger partial charge in [-0.2, -0.15) is 10.1 Å². The van der Waals surface area contributed by atoms with E-state index in [1.807, 2.05) is 50.2 Å². The Morgan fingerprint density at radius 3 is 2.69 bits per heavy atom. The van der Waals surface area contributed by atoms with Gasteiger partial charge in [-0.15, -0.1) is 0 Å². The molecule has 0 saturated carbocycles. The van der Waals surface area contributed by atoms with Gasteiger partial charge in [0.2, 0.25) is 5.95 Å². The van der Waals surface area contributed by atoms with Crippen molar-refractivity contribution in [2.75, 3.05) is 10.6 Å². The maximum absolute atomic E-state index is 11.7. The zero-order valence-electron chi connectivity index (χ0n) is 15.8. The molecule has 0 bridgehead atoms. The summed E-state index contributed by atoms with van der Waals surface area (Å²) in [5.41, 5.74) is 4.10. The Labute approximate surface area is 164 Å². The van der Waals surface area contributed by atoms with E-state index in [-0.39, 0.29) is 5.56 Å². The van der Waals surface area contributed by atoms with Crippen LogP contribution in [0.3, 0.4) is 0 Å². The van der Waals surface area contributed by atoms with Crippen molar-refractivity contribution in [3.63, 3.8) is 0 Å². The third-order valence-corrected chi connectivity index (χ3v) is 4.72. The van der Waals surface area contributed by atoms with Crippen LogP contribution in [0.2, 0.25) is 0 Å². The van der Waals surface area contributed by atoms with Crippen LogP contribution in [0.4, 0.5) is 23.3 Å². The molecule has 2 aromatic carbocycles. The average molecular weight is 386 g/mol. The summed E-state index contributed by atoms with van der Waals surface area (Å²) in [4.78, 5) is 21.0. The molecule has 5 aromatic rings. The van der Waals surface area contributed by atoms with E-state index >= 15 is 0 Å². The maximum Gasteiger partial charge on any atom is 0.271 e. The Bertz CT molecular complexity index is 1410. The van der Waals surface area contributed by atoms with Gasteiger partial charge in [-0.25, -0.2) is 4.98 Å². The van der Waals surface area contributed by atoms with E-state index in [0.717, 1.165) is 33.7 Å². The molecule has 9 nitrogen and oxygen atoms in total. The van der Waals surface area contributed by atoms with Crippen LogP contribution in [-0.4, -0.2) is 30.4 Å². The Morgan fingerprint density at radius 2 is 1.86 bits per heavy atom. The molecule has 0 aliphatic heterocycles. The van der Waals surface area contributed by atoms with Crippen LogP contribution in [0.15, 0.2) is 47.3 Å². The minimum absolute atomic E-state index is 0.148. The molecular weight excluding hydrogens is 368 g/mol. The first kappa shape index (κ1) is 17.0. The normalized spacial score (nSPS) is 11.2. The van der Waals surface area contributed by atoms with E-state index in [2.05, 4.69) is 41.0 Å². The van der Waals surface area contributed by atoms with Gasteiger partial charge in [0.05, 0.1) is 22.1 Å². The van der Waals surface area contributed by atoms with Crippen LogP contribution >= 0.6 is 0 Å². The summed E-state index contributed by atoms with van der Waals surface area (Å²) in [6.07, 6.45) is 0. The first-order valence-electron chi connectivity index (χ1n) is 9.11. The number of anilines is 4. The molecule has 3 heterocycles. The second kappa shape index (κ2) is 6.48. The molecule has 0 unspecified atom stereocenters. The third kappa shape index (κ3) is 3.08. The lowest BCUT2D eigenvalue weighted by Gasteiger charge is -2.12. The van der Waals surface area contributed by atoms with Gasteiger partial charge < -0.3 is 10.6 Å². The summed E-state index contributed by atoms with van der Waals surface area (Å²) in [6.45, 7) is 3.94. The lowest BCUT2D eigenvalue weighted by molar-refractivity contribution is 1.05. The van der Waals surface area contributed by atoms with Gasteiger partial charge in [0, 0.05) is 17.1 Å². The summed E-state index contributed by atoms with van der Waals surface area (Å²) < 4.78 is 0. The highest BCUT2D eigenvalue weighted by atomic mass is 16.1. The molecule has 144 valence electrons. The molecule has 0 atom stereocenters. The lowest BCUT2D eigenvalue weighted by Crippen LogP contribution is -2.03. The Kier molecular flexibility index (Phi) is 3.80. The minimum Gasteiger partial charge on any atom is -0.325 e. The smallest absolute Gasteiger partial charge is 0.271 e. The van der Waals surface area contributed by atoms with Crippen LogP contribution in [0.1, 0.15) is 11.3 Å². The standard InChI is InChI=1S/C20H18N8O/c1-10-4-3-5-14-17(10)18(23-16-8-11(2)25-27-16)24-20(22-14)21-12-6-7-13-15(9-12)26-28-19(13)29/h3-9H,1-2H3,(H2,26,28,29)(H3,21,22,23,24,25,27). The third-order valence-electron chi connectivity index (χ3n) is 4.72. The van der Waals surface area contributed by atoms with E-state index in [4.69, 9.17) is 0 Å². The highest BCUT2D eigenvalue weighted by Crippen LogP contribution is 2.29. The molecule has 0 saturated heterocycles. The first-order valence-corrected chi connectivity index (χ1v) is 9.11. The number of H-pyrrole nitrogens is 3. The molecule has 0 aliphatic rings. The van der Waals surface area contributed by atoms with Crippen molar-refractivity contribution in [1.82, 2.24) is 30.4 Å². The topological polar surface area (TPSA) is 127 Å². The summed E-state index contributed by atoms with van der Waals surface area (Å²) in [5, 5.41) is 20.6. The molecule has 0 aliphatic carbocycles. The number of aromatic nitrogens is 6. The van der Waals surface area contributed by atoms with Crippen molar-refractivity contribution in [3.8, 4) is 0 Å². The van der Waals surface area contributed by atoms with Crippen molar-refractivity contribution >= 4 is 45.1 Å². The Hall–Kier alpha value is -4.14. The number of benzene rings is 2. The van der Waals surface area contributed by atoms with Crippen LogP contribution in [-0.2, 0) is 0 Å². The summed E-state index contributed by atoms with van der Waals surface area (Å²) >= 11 is 0. The fourth-order valence-electron chi connectivity index (χ4n) is 3.36. The molecular formula is C20H18N8O. The highest BCUT2D eigenvalue weighted by Gasteiger charge is 2.12. The van der Waals surface area contributed by atoms with Gasteiger partial charge in [-0.1, -0.05) is 12.1 Å². The summed E-state index contributed by atoms with van der Waals surface area (Å²) in [7, 11) is 0. The van der Waals surface area contributed by atoms with Crippen LogP contribution < -0.4 is 16.2 Å². The molecule has 0 amide bonds. The maximum atomic E-state index is 11.7. The van der Waals surface area contributed by atoms with Crippen molar-refractivity contribution in [1.29, 1.82) is 0 Å². The van der Waals surface area contributed by atoms with Gasteiger partial charge in [0.25, 0.3) is 5.56 Å². The monoisotopic (exact) mass is 386 g/mol. The van der Waals surface area contributed by atoms with E-state index < -0.39 is 0 Å². The van der Waals surface area contributed by atoms with E-state index in [1.54, 1.807) is 6.07 Å². The molecule has 0 spiro atoms. The predicted molar refractivity (Wildman–Crippen MR) is 113 cm³/mol. The lowest BCUT2D eigenvalue weighted by atomic mass is 10.1. The highest BCUT2D eigenvalue weighted by molar-refractivity contribution is 5.94.